The number of allylic oxidation sites excluding steroid dienone is 1. The molecule has 4 nitrogen and oxygen atoms in total. The molecule has 0 N–H and O–H groups in total. The zero-order valence-corrected chi connectivity index (χ0v) is 15.6. The van der Waals surface area contributed by atoms with Crippen LogP contribution >= 0.6 is 0 Å². The van der Waals surface area contributed by atoms with Crippen molar-refractivity contribution in [2.45, 2.75) is 47.0 Å². The van der Waals surface area contributed by atoms with Crippen LogP contribution in [0.1, 0.15) is 44.7 Å². The molecule has 0 bridgehead atoms. The van der Waals surface area contributed by atoms with Crippen LogP contribution in [0.25, 0.3) is 0 Å². The Kier molecular flexibility index (Phi) is 6.40. The summed E-state index contributed by atoms with van der Waals surface area (Å²) in [6.45, 7) is 8.06. The van der Waals surface area contributed by atoms with Crippen molar-refractivity contribution in [1.29, 1.82) is 0 Å². The standard InChI is InChI=1S/C21H28O4/c1-5-24-19(22)21(20(23)25-6-2)13-16(4)18(14-21)11-10-17-9-7-8-15(3)12-17/h7-9,12-13,18H,5-6,10-11,14H2,1-4H3. The topological polar surface area (TPSA) is 52.6 Å². The maximum Gasteiger partial charge on any atom is 0.327 e. The summed E-state index contributed by atoms with van der Waals surface area (Å²) in [4.78, 5) is 25.1. The van der Waals surface area contributed by atoms with Gasteiger partial charge < -0.3 is 9.47 Å². The Bertz CT molecular complexity index is 642. The maximum absolute atomic E-state index is 12.5. The van der Waals surface area contributed by atoms with Crippen LogP contribution in [0.5, 0.6) is 0 Å². The summed E-state index contributed by atoms with van der Waals surface area (Å²) < 4.78 is 10.4. The molecule has 0 amide bonds. The van der Waals surface area contributed by atoms with Crippen LogP contribution in [0.2, 0.25) is 0 Å². The molecule has 1 aliphatic carbocycles. The van der Waals surface area contributed by atoms with Gasteiger partial charge in [0.1, 0.15) is 0 Å². The molecule has 0 fully saturated rings. The Hall–Kier alpha value is -2.10. The van der Waals surface area contributed by atoms with E-state index in [0.29, 0.717) is 6.42 Å². The highest BCUT2D eigenvalue weighted by molar-refractivity contribution is 6.03. The first-order valence-corrected chi connectivity index (χ1v) is 9.02. The summed E-state index contributed by atoms with van der Waals surface area (Å²) in [5, 5.41) is 0. The Balaban J connectivity index is 2.14. The Morgan fingerprint density at radius 2 is 1.76 bits per heavy atom. The summed E-state index contributed by atoms with van der Waals surface area (Å²) >= 11 is 0. The van der Waals surface area contributed by atoms with Crippen LogP contribution < -0.4 is 0 Å². The SMILES string of the molecule is CCOC(=O)C1(C(=O)OCC)C=C(C)C(CCc2cccc(C)c2)C1. The van der Waals surface area contributed by atoms with E-state index in [-0.39, 0.29) is 19.1 Å². The van der Waals surface area contributed by atoms with E-state index in [1.807, 2.05) is 6.92 Å². The van der Waals surface area contributed by atoms with Crippen LogP contribution in [0.3, 0.4) is 0 Å². The Morgan fingerprint density at radius 3 is 2.32 bits per heavy atom. The quantitative estimate of drug-likeness (QED) is 0.426. The van der Waals surface area contributed by atoms with Gasteiger partial charge in [-0.2, -0.15) is 0 Å². The van der Waals surface area contributed by atoms with Crippen molar-refractivity contribution in [2.75, 3.05) is 13.2 Å². The number of benzene rings is 1. The minimum Gasteiger partial charge on any atom is -0.465 e. The molecule has 4 heteroatoms. The van der Waals surface area contributed by atoms with Gasteiger partial charge in [0, 0.05) is 0 Å². The largest absolute Gasteiger partial charge is 0.465 e. The molecule has 25 heavy (non-hydrogen) atoms. The summed E-state index contributed by atoms with van der Waals surface area (Å²) in [5.41, 5.74) is 2.29. The zero-order valence-electron chi connectivity index (χ0n) is 15.6. The number of rotatable bonds is 7. The highest BCUT2D eigenvalue weighted by Gasteiger charge is 2.52. The Morgan fingerprint density at radius 1 is 1.12 bits per heavy atom. The zero-order chi connectivity index (χ0) is 18.4. The Labute approximate surface area is 150 Å². The molecule has 0 aromatic heterocycles. The molecule has 2 rings (SSSR count). The molecule has 1 unspecified atom stereocenters. The number of esters is 2. The van der Waals surface area contributed by atoms with Crippen molar-refractivity contribution in [3.05, 3.63) is 47.0 Å². The van der Waals surface area contributed by atoms with Crippen molar-refractivity contribution in [2.24, 2.45) is 11.3 Å². The van der Waals surface area contributed by atoms with Crippen LogP contribution in [0.15, 0.2) is 35.9 Å². The average molecular weight is 344 g/mol. The second-order valence-corrected chi connectivity index (χ2v) is 6.73. The number of ether oxygens (including phenoxy) is 2. The number of hydrogen-bond donors (Lipinski definition) is 0. The fraction of sp³-hybridized carbons (Fsp3) is 0.524. The van der Waals surface area contributed by atoms with Gasteiger partial charge in [0.2, 0.25) is 0 Å². The third kappa shape index (κ3) is 4.30. The predicted molar refractivity (Wildman–Crippen MR) is 97.1 cm³/mol. The van der Waals surface area contributed by atoms with Gasteiger partial charge in [0.05, 0.1) is 13.2 Å². The lowest BCUT2D eigenvalue weighted by Gasteiger charge is -2.24. The predicted octanol–water partition coefficient (Wildman–Crippen LogP) is 4.01. The fourth-order valence-electron chi connectivity index (χ4n) is 3.54. The van der Waals surface area contributed by atoms with Crippen molar-refractivity contribution in [1.82, 2.24) is 0 Å². The van der Waals surface area contributed by atoms with E-state index in [1.54, 1.807) is 19.9 Å². The van der Waals surface area contributed by atoms with E-state index in [2.05, 4.69) is 31.2 Å². The fourth-order valence-corrected chi connectivity index (χ4v) is 3.54. The summed E-state index contributed by atoms with van der Waals surface area (Å²) in [6.07, 6.45) is 4.01. The third-order valence-electron chi connectivity index (χ3n) is 4.83. The monoisotopic (exact) mass is 344 g/mol. The van der Waals surface area contributed by atoms with E-state index in [9.17, 15) is 9.59 Å². The van der Waals surface area contributed by atoms with E-state index < -0.39 is 17.4 Å². The second kappa shape index (κ2) is 8.32. The first kappa shape index (κ1) is 19.2. The van der Waals surface area contributed by atoms with Crippen LogP contribution in [0.4, 0.5) is 0 Å². The van der Waals surface area contributed by atoms with Gasteiger partial charge in [-0.25, -0.2) is 0 Å². The summed E-state index contributed by atoms with van der Waals surface area (Å²) in [5.74, 6) is -0.814. The lowest BCUT2D eigenvalue weighted by atomic mass is 9.83. The molecule has 1 aliphatic rings. The highest BCUT2D eigenvalue weighted by Crippen LogP contribution is 2.44. The first-order chi connectivity index (χ1) is 11.9. The van der Waals surface area contributed by atoms with Crippen molar-refractivity contribution < 1.29 is 19.1 Å². The van der Waals surface area contributed by atoms with Gasteiger partial charge >= 0.3 is 11.9 Å². The van der Waals surface area contributed by atoms with Gasteiger partial charge in [-0.1, -0.05) is 41.5 Å². The smallest absolute Gasteiger partial charge is 0.327 e. The molecule has 0 radical (unpaired) electrons. The van der Waals surface area contributed by atoms with E-state index >= 15 is 0 Å². The lowest BCUT2D eigenvalue weighted by molar-refractivity contribution is -0.168. The van der Waals surface area contributed by atoms with Gasteiger partial charge in [-0.3, -0.25) is 9.59 Å². The first-order valence-electron chi connectivity index (χ1n) is 9.02. The maximum atomic E-state index is 12.5. The van der Waals surface area contributed by atoms with E-state index in [1.165, 1.54) is 11.1 Å². The molecule has 0 saturated heterocycles. The average Bonchev–Trinajstić information content (AvgIpc) is 2.92. The van der Waals surface area contributed by atoms with E-state index in [0.717, 1.165) is 18.4 Å². The van der Waals surface area contributed by atoms with Gasteiger partial charge in [-0.15, -0.1) is 0 Å². The third-order valence-corrected chi connectivity index (χ3v) is 4.83. The molecule has 0 spiro atoms. The minimum absolute atomic E-state index is 0.175. The highest BCUT2D eigenvalue weighted by atomic mass is 16.6. The molecule has 0 saturated carbocycles. The second-order valence-electron chi connectivity index (χ2n) is 6.73. The van der Waals surface area contributed by atoms with E-state index in [4.69, 9.17) is 9.47 Å². The molecule has 1 aromatic carbocycles. The minimum atomic E-state index is -1.28. The molecular weight excluding hydrogens is 316 g/mol. The van der Waals surface area contributed by atoms with Gasteiger partial charge in [-0.05, 0) is 58.4 Å². The molecule has 1 atom stereocenters. The van der Waals surface area contributed by atoms with Crippen LogP contribution in [-0.2, 0) is 25.5 Å². The van der Waals surface area contributed by atoms with Gasteiger partial charge in [0.25, 0.3) is 0 Å². The van der Waals surface area contributed by atoms with Crippen LogP contribution in [0, 0.1) is 18.3 Å². The molecule has 0 heterocycles. The molecule has 0 aliphatic heterocycles. The normalized spacial score (nSPS) is 18.6. The summed E-state index contributed by atoms with van der Waals surface area (Å²) in [6, 6.07) is 8.43. The number of aryl methyl sites for hydroxylation is 2. The lowest BCUT2D eigenvalue weighted by Crippen LogP contribution is -2.39. The van der Waals surface area contributed by atoms with Crippen LogP contribution in [-0.4, -0.2) is 25.2 Å². The number of carbonyl (C=O) groups is 2. The van der Waals surface area contributed by atoms with Crippen molar-refractivity contribution in [3.63, 3.8) is 0 Å². The molecule has 136 valence electrons. The van der Waals surface area contributed by atoms with Crippen molar-refractivity contribution >= 4 is 11.9 Å². The number of hydrogen-bond acceptors (Lipinski definition) is 4. The molecule has 1 aromatic rings. The van der Waals surface area contributed by atoms with Crippen molar-refractivity contribution in [3.8, 4) is 0 Å². The number of carbonyl (C=O) groups excluding carboxylic acids is 2. The molecular formula is C21H28O4. The summed E-state index contributed by atoms with van der Waals surface area (Å²) in [7, 11) is 0. The van der Waals surface area contributed by atoms with Gasteiger partial charge in [0.15, 0.2) is 5.41 Å².